The van der Waals surface area contributed by atoms with Gasteiger partial charge in [0.15, 0.2) is 0 Å². The van der Waals surface area contributed by atoms with Crippen LogP contribution in [-0.2, 0) is 9.53 Å². The minimum absolute atomic E-state index is 0.00842. The van der Waals surface area contributed by atoms with E-state index in [2.05, 4.69) is 10.00 Å². The third-order valence-corrected chi connectivity index (χ3v) is 6.62. The van der Waals surface area contributed by atoms with Crippen molar-refractivity contribution in [3.8, 4) is 0 Å². The average molecular weight is 413 g/mol. The highest BCUT2D eigenvalue weighted by Crippen LogP contribution is 2.23. The quantitative estimate of drug-likeness (QED) is 0.753. The number of hydrogen-bond acceptors (Lipinski definition) is 5. The summed E-state index contributed by atoms with van der Waals surface area (Å²) >= 11 is 0. The Bertz CT molecular complexity index is 943. The molecule has 1 atom stereocenters. The lowest BCUT2D eigenvalue weighted by Gasteiger charge is -2.35. The smallest absolute Gasteiger partial charge is 0.275 e. The number of piperidine rings is 1. The Hall–Kier alpha value is -2.25. The monoisotopic (exact) mass is 412 g/mol. The number of morpholine rings is 1. The normalized spacial score (nSPS) is 19.9. The number of fused-ring (bicyclic) bond motifs is 1. The van der Waals surface area contributed by atoms with Crippen molar-refractivity contribution >= 4 is 16.7 Å². The summed E-state index contributed by atoms with van der Waals surface area (Å²) in [5.41, 5.74) is 0.573. The van der Waals surface area contributed by atoms with Gasteiger partial charge in [-0.05, 0) is 51.6 Å². The van der Waals surface area contributed by atoms with Crippen LogP contribution in [0.25, 0.3) is 10.8 Å². The maximum absolute atomic E-state index is 13.1. The lowest BCUT2D eigenvalue weighted by molar-refractivity contribution is -0.136. The van der Waals surface area contributed by atoms with Gasteiger partial charge in [-0.15, -0.1) is 0 Å². The van der Waals surface area contributed by atoms with Crippen LogP contribution < -0.4 is 5.56 Å². The van der Waals surface area contributed by atoms with E-state index in [9.17, 15) is 9.59 Å². The van der Waals surface area contributed by atoms with Gasteiger partial charge in [0.2, 0.25) is 5.91 Å². The number of nitrogens with zero attached hydrogens (tertiary/aromatic N) is 4. The second-order valence-electron chi connectivity index (χ2n) is 8.57. The number of hydrogen-bond donors (Lipinski definition) is 0. The predicted molar refractivity (Wildman–Crippen MR) is 117 cm³/mol. The van der Waals surface area contributed by atoms with Gasteiger partial charge in [0.25, 0.3) is 5.56 Å². The minimum Gasteiger partial charge on any atom is -0.379 e. The fraction of sp³-hybridized carbons (Fsp3) is 0.609. The van der Waals surface area contributed by atoms with E-state index in [1.807, 2.05) is 30.0 Å². The molecule has 2 aromatic rings. The van der Waals surface area contributed by atoms with Crippen molar-refractivity contribution in [2.24, 2.45) is 5.92 Å². The van der Waals surface area contributed by atoms with E-state index in [0.29, 0.717) is 11.3 Å². The van der Waals surface area contributed by atoms with Crippen LogP contribution in [0, 0.1) is 12.8 Å². The van der Waals surface area contributed by atoms with Crippen molar-refractivity contribution in [1.29, 1.82) is 0 Å². The van der Waals surface area contributed by atoms with E-state index >= 15 is 0 Å². The minimum atomic E-state index is -0.592. The zero-order chi connectivity index (χ0) is 21.1. The SMILES string of the molecule is Cc1nn(C(C)C(=O)N2CCC(CCN3CCOCC3)CC2)c(=O)c2ccccc12. The van der Waals surface area contributed by atoms with E-state index in [1.165, 1.54) is 11.1 Å². The average Bonchev–Trinajstić information content (AvgIpc) is 2.80. The summed E-state index contributed by atoms with van der Waals surface area (Å²) in [5.74, 6) is 0.655. The largest absolute Gasteiger partial charge is 0.379 e. The maximum atomic E-state index is 13.1. The molecule has 1 aromatic heterocycles. The standard InChI is InChI=1S/C23H32N4O3/c1-17-20-5-3-4-6-21(20)23(29)27(24-17)18(2)22(28)26-11-8-19(9-12-26)7-10-25-13-15-30-16-14-25/h3-6,18-19H,7-16H2,1-2H3. The van der Waals surface area contributed by atoms with E-state index in [-0.39, 0.29) is 11.5 Å². The van der Waals surface area contributed by atoms with Crippen molar-refractivity contribution in [3.63, 3.8) is 0 Å². The fourth-order valence-corrected chi connectivity index (χ4v) is 4.63. The Balaban J connectivity index is 1.37. The lowest BCUT2D eigenvalue weighted by atomic mass is 9.93. The Morgan fingerprint density at radius 1 is 1.13 bits per heavy atom. The highest BCUT2D eigenvalue weighted by molar-refractivity contribution is 5.84. The molecule has 162 valence electrons. The molecule has 1 unspecified atom stereocenters. The topological polar surface area (TPSA) is 67.7 Å². The molecule has 0 aliphatic carbocycles. The first-order valence-corrected chi connectivity index (χ1v) is 11.1. The van der Waals surface area contributed by atoms with Crippen LogP contribution in [0.2, 0.25) is 0 Å². The number of benzene rings is 1. The van der Waals surface area contributed by atoms with Crippen molar-refractivity contribution in [3.05, 3.63) is 40.3 Å². The first-order valence-electron chi connectivity index (χ1n) is 11.1. The zero-order valence-corrected chi connectivity index (χ0v) is 18.0. The van der Waals surface area contributed by atoms with Crippen molar-refractivity contribution < 1.29 is 9.53 Å². The molecule has 7 heteroatoms. The third kappa shape index (κ3) is 4.42. The summed E-state index contributed by atoms with van der Waals surface area (Å²) in [6.45, 7) is 10.1. The molecule has 0 N–H and O–H groups in total. The molecule has 7 nitrogen and oxygen atoms in total. The summed E-state index contributed by atoms with van der Waals surface area (Å²) in [5, 5.41) is 5.92. The molecule has 0 radical (unpaired) electrons. The molecule has 2 fully saturated rings. The zero-order valence-electron chi connectivity index (χ0n) is 18.0. The van der Waals surface area contributed by atoms with E-state index < -0.39 is 6.04 Å². The second kappa shape index (κ2) is 9.27. The number of ether oxygens (including phenoxy) is 1. The van der Waals surface area contributed by atoms with Gasteiger partial charge in [0, 0.05) is 31.6 Å². The highest BCUT2D eigenvalue weighted by Gasteiger charge is 2.28. The lowest BCUT2D eigenvalue weighted by Crippen LogP contribution is -2.44. The number of amides is 1. The van der Waals surface area contributed by atoms with Crippen molar-refractivity contribution in [2.45, 2.75) is 39.2 Å². The third-order valence-electron chi connectivity index (χ3n) is 6.62. The Kier molecular flexibility index (Phi) is 6.49. The Labute approximate surface area is 177 Å². The van der Waals surface area contributed by atoms with Gasteiger partial charge in [-0.1, -0.05) is 18.2 Å². The summed E-state index contributed by atoms with van der Waals surface area (Å²) in [6, 6.07) is 6.86. The molecule has 0 bridgehead atoms. The van der Waals surface area contributed by atoms with E-state index in [1.54, 1.807) is 13.0 Å². The number of carbonyl (C=O) groups is 1. The summed E-state index contributed by atoms with van der Waals surface area (Å²) in [6.07, 6.45) is 3.24. The molecule has 1 amide bonds. The Morgan fingerprint density at radius 3 is 2.50 bits per heavy atom. The van der Waals surface area contributed by atoms with Gasteiger partial charge in [0.1, 0.15) is 6.04 Å². The number of aromatic nitrogens is 2. The highest BCUT2D eigenvalue weighted by atomic mass is 16.5. The number of aryl methyl sites for hydroxylation is 1. The van der Waals surface area contributed by atoms with E-state index in [4.69, 9.17) is 4.74 Å². The van der Waals surface area contributed by atoms with Gasteiger partial charge in [-0.3, -0.25) is 14.5 Å². The van der Waals surface area contributed by atoms with Gasteiger partial charge in [0.05, 0.1) is 24.3 Å². The number of likely N-dealkylation sites (tertiary alicyclic amines) is 1. The predicted octanol–water partition coefficient (Wildman–Crippen LogP) is 2.23. The van der Waals surface area contributed by atoms with Crippen LogP contribution in [-0.4, -0.2) is 71.4 Å². The molecule has 2 aliphatic heterocycles. The van der Waals surface area contributed by atoms with E-state index in [0.717, 1.165) is 69.9 Å². The molecule has 2 aliphatic rings. The second-order valence-corrected chi connectivity index (χ2v) is 8.57. The molecule has 1 aromatic carbocycles. The van der Waals surface area contributed by atoms with Gasteiger partial charge in [-0.25, -0.2) is 4.68 Å². The van der Waals surface area contributed by atoms with Crippen molar-refractivity contribution in [2.75, 3.05) is 45.9 Å². The van der Waals surface area contributed by atoms with Gasteiger partial charge >= 0.3 is 0 Å². The summed E-state index contributed by atoms with van der Waals surface area (Å²) < 4.78 is 6.78. The molecule has 0 spiro atoms. The van der Waals surface area contributed by atoms with Crippen LogP contribution in [0.4, 0.5) is 0 Å². The first-order chi connectivity index (χ1) is 14.5. The van der Waals surface area contributed by atoms with Crippen LogP contribution in [0.5, 0.6) is 0 Å². The number of carbonyl (C=O) groups excluding carboxylic acids is 1. The summed E-state index contributed by atoms with van der Waals surface area (Å²) in [4.78, 5) is 30.4. The Morgan fingerprint density at radius 2 is 1.80 bits per heavy atom. The summed E-state index contributed by atoms with van der Waals surface area (Å²) in [7, 11) is 0. The molecular weight excluding hydrogens is 380 g/mol. The van der Waals surface area contributed by atoms with Gasteiger partial charge in [-0.2, -0.15) is 5.10 Å². The van der Waals surface area contributed by atoms with Gasteiger partial charge < -0.3 is 9.64 Å². The van der Waals surface area contributed by atoms with Crippen LogP contribution >= 0.6 is 0 Å². The first kappa shape index (κ1) is 21.0. The molecular formula is C23H32N4O3. The molecule has 4 rings (SSSR count). The van der Waals surface area contributed by atoms with Crippen molar-refractivity contribution in [1.82, 2.24) is 19.6 Å². The fourth-order valence-electron chi connectivity index (χ4n) is 4.63. The molecule has 3 heterocycles. The molecule has 0 saturated carbocycles. The maximum Gasteiger partial charge on any atom is 0.275 e. The molecule has 30 heavy (non-hydrogen) atoms. The van der Waals surface area contributed by atoms with Crippen LogP contribution in [0.1, 0.15) is 37.9 Å². The molecule has 2 saturated heterocycles. The number of rotatable bonds is 5. The van der Waals surface area contributed by atoms with Crippen LogP contribution in [0.15, 0.2) is 29.1 Å². The van der Waals surface area contributed by atoms with Crippen LogP contribution in [0.3, 0.4) is 0 Å².